The predicted molar refractivity (Wildman–Crippen MR) is 93.9 cm³/mol. The van der Waals surface area contributed by atoms with E-state index >= 15 is 0 Å². The molecule has 0 heterocycles. The SMILES string of the molecule is CCC(C(=O)NCCOc1cc(C)cc(C)c1)c1ccccc1. The van der Waals surface area contributed by atoms with Gasteiger partial charge in [0.2, 0.25) is 5.91 Å². The van der Waals surface area contributed by atoms with Gasteiger partial charge in [-0.2, -0.15) is 0 Å². The highest BCUT2D eigenvalue weighted by atomic mass is 16.5. The number of amides is 1. The number of carbonyl (C=O) groups is 1. The summed E-state index contributed by atoms with van der Waals surface area (Å²) in [5.74, 6) is 0.812. The summed E-state index contributed by atoms with van der Waals surface area (Å²) in [6.07, 6.45) is 0.785. The van der Waals surface area contributed by atoms with Gasteiger partial charge in [0, 0.05) is 0 Å². The van der Waals surface area contributed by atoms with Crippen LogP contribution in [0.15, 0.2) is 48.5 Å². The number of carbonyl (C=O) groups excluding carboxylic acids is 1. The number of nitrogens with one attached hydrogen (secondary N) is 1. The average Bonchev–Trinajstić information content (AvgIpc) is 2.52. The van der Waals surface area contributed by atoms with Crippen LogP contribution in [-0.2, 0) is 4.79 Å². The van der Waals surface area contributed by atoms with E-state index in [9.17, 15) is 4.79 Å². The summed E-state index contributed by atoms with van der Waals surface area (Å²) in [4.78, 5) is 12.3. The summed E-state index contributed by atoms with van der Waals surface area (Å²) in [7, 11) is 0. The normalized spacial score (nSPS) is 11.8. The van der Waals surface area contributed by atoms with Crippen molar-refractivity contribution in [1.82, 2.24) is 5.32 Å². The molecule has 3 nitrogen and oxygen atoms in total. The summed E-state index contributed by atoms with van der Waals surface area (Å²) in [6, 6.07) is 16.0. The van der Waals surface area contributed by atoms with Gasteiger partial charge in [-0.15, -0.1) is 0 Å². The van der Waals surface area contributed by atoms with Gasteiger partial charge in [0.05, 0.1) is 12.5 Å². The number of hydrogen-bond acceptors (Lipinski definition) is 2. The summed E-state index contributed by atoms with van der Waals surface area (Å²) in [5.41, 5.74) is 3.42. The summed E-state index contributed by atoms with van der Waals surface area (Å²) >= 11 is 0. The largest absolute Gasteiger partial charge is 0.492 e. The van der Waals surface area contributed by atoms with Crippen LogP contribution in [0.5, 0.6) is 5.75 Å². The number of ether oxygens (including phenoxy) is 1. The molecule has 0 aliphatic rings. The van der Waals surface area contributed by atoms with Crippen molar-refractivity contribution in [2.45, 2.75) is 33.1 Å². The highest BCUT2D eigenvalue weighted by Gasteiger charge is 2.17. The van der Waals surface area contributed by atoms with E-state index in [4.69, 9.17) is 4.74 Å². The second-order valence-corrected chi connectivity index (χ2v) is 5.83. The molecule has 1 amide bonds. The van der Waals surface area contributed by atoms with E-state index in [0.29, 0.717) is 13.2 Å². The van der Waals surface area contributed by atoms with E-state index in [1.54, 1.807) is 0 Å². The van der Waals surface area contributed by atoms with Crippen molar-refractivity contribution in [1.29, 1.82) is 0 Å². The third kappa shape index (κ3) is 5.13. The molecule has 3 heteroatoms. The molecule has 2 aromatic carbocycles. The molecule has 23 heavy (non-hydrogen) atoms. The molecule has 0 spiro atoms. The van der Waals surface area contributed by atoms with Crippen LogP contribution in [0.25, 0.3) is 0 Å². The smallest absolute Gasteiger partial charge is 0.227 e. The van der Waals surface area contributed by atoms with E-state index in [1.165, 1.54) is 11.1 Å². The molecule has 0 radical (unpaired) electrons. The molecule has 0 aromatic heterocycles. The van der Waals surface area contributed by atoms with Crippen LogP contribution < -0.4 is 10.1 Å². The maximum Gasteiger partial charge on any atom is 0.227 e. The van der Waals surface area contributed by atoms with Crippen molar-refractivity contribution in [3.63, 3.8) is 0 Å². The van der Waals surface area contributed by atoms with Gasteiger partial charge in [0.15, 0.2) is 0 Å². The van der Waals surface area contributed by atoms with Crippen LogP contribution in [0.4, 0.5) is 0 Å². The van der Waals surface area contributed by atoms with Crippen LogP contribution in [-0.4, -0.2) is 19.1 Å². The molecular formula is C20H25NO2. The molecule has 0 aliphatic carbocycles. The Morgan fingerprint density at radius 3 is 2.35 bits per heavy atom. The van der Waals surface area contributed by atoms with Crippen molar-refractivity contribution < 1.29 is 9.53 Å². The fourth-order valence-corrected chi connectivity index (χ4v) is 2.74. The molecule has 1 unspecified atom stereocenters. The van der Waals surface area contributed by atoms with Gasteiger partial charge in [0.25, 0.3) is 0 Å². The van der Waals surface area contributed by atoms with Crippen LogP contribution in [0, 0.1) is 13.8 Å². The Bertz CT molecular complexity index is 617. The molecule has 0 fully saturated rings. The lowest BCUT2D eigenvalue weighted by atomic mass is 9.96. The van der Waals surface area contributed by atoms with Gasteiger partial charge >= 0.3 is 0 Å². The molecule has 0 aliphatic heterocycles. The molecular weight excluding hydrogens is 286 g/mol. The van der Waals surface area contributed by atoms with Gasteiger partial charge in [-0.25, -0.2) is 0 Å². The lowest BCUT2D eigenvalue weighted by molar-refractivity contribution is -0.122. The first-order chi connectivity index (χ1) is 11.1. The van der Waals surface area contributed by atoms with E-state index in [2.05, 4.69) is 11.4 Å². The molecule has 1 N–H and O–H groups in total. The van der Waals surface area contributed by atoms with Gasteiger partial charge in [-0.1, -0.05) is 43.3 Å². The molecule has 0 bridgehead atoms. The van der Waals surface area contributed by atoms with Gasteiger partial charge < -0.3 is 10.1 Å². The summed E-state index contributed by atoms with van der Waals surface area (Å²) in [5, 5.41) is 2.97. The monoisotopic (exact) mass is 311 g/mol. The van der Waals surface area contributed by atoms with Gasteiger partial charge in [-0.3, -0.25) is 4.79 Å². The summed E-state index contributed by atoms with van der Waals surface area (Å²) < 4.78 is 5.72. The maximum absolute atomic E-state index is 12.3. The van der Waals surface area contributed by atoms with Gasteiger partial charge in [0.1, 0.15) is 12.4 Å². The molecule has 1 atom stereocenters. The molecule has 0 saturated heterocycles. The van der Waals surface area contributed by atoms with E-state index < -0.39 is 0 Å². The number of aryl methyl sites for hydroxylation is 2. The number of benzene rings is 2. The Labute approximate surface area is 138 Å². The predicted octanol–water partition coefficient (Wildman–Crippen LogP) is 3.99. The van der Waals surface area contributed by atoms with Crippen LogP contribution >= 0.6 is 0 Å². The second kappa shape index (κ2) is 8.37. The average molecular weight is 311 g/mol. The first kappa shape index (κ1) is 17.1. The summed E-state index contributed by atoms with van der Waals surface area (Å²) in [6.45, 7) is 7.11. The third-order valence-electron chi connectivity index (χ3n) is 3.79. The van der Waals surface area contributed by atoms with Crippen LogP contribution in [0.2, 0.25) is 0 Å². The van der Waals surface area contributed by atoms with E-state index in [1.807, 2.05) is 63.2 Å². The van der Waals surface area contributed by atoms with Gasteiger partial charge in [-0.05, 0) is 49.1 Å². The fourth-order valence-electron chi connectivity index (χ4n) is 2.74. The first-order valence-electron chi connectivity index (χ1n) is 8.14. The van der Waals surface area contributed by atoms with Crippen LogP contribution in [0.3, 0.4) is 0 Å². The molecule has 2 aromatic rings. The van der Waals surface area contributed by atoms with E-state index in [-0.39, 0.29) is 11.8 Å². The minimum absolute atomic E-state index is 0.0581. The number of rotatable bonds is 7. The van der Waals surface area contributed by atoms with Crippen LogP contribution in [0.1, 0.15) is 36.0 Å². The third-order valence-corrected chi connectivity index (χ3v) is 3.79. The minimum atomic E-state index is -0.0996. The zero-order valence-corrected chi connectivity index (χ0v) is 14.1. The maximum atomic E-state index is 12.3. The lowest BCUT2D eigenvalue weighted by Crippen LogP contribution is -2.32. The Morgan fingerprint density at radius 2 is 1.74 bits per heavy atom. The fraction of sp³-hybridized carbons (Fsp3) is 0.350. The topological polar surface area (TPSA) is 38.3 Å². The Balaban J connectivity index is 1.82. The molecule has 2 rings (SSSR count). The highest BCUT2D eigenvalue weighted by Crippen LogP contribution is 2.19. The quantitative estimate of drug-likeness (QED) is 0.785. The standard InChI is InChI=1S/C20H25NO2/c1-4-19(17-8-6-5-7-9-17)20(22)21-10-11-23-18-13-15(2)12-16(3)14-18/h5-9,12-14,19H,4,10-11H2,1-3H3,(H,21,22). The van der Waals surface area contributed by atoms with Crippen molar-refractivity contribution in [2.24, 2.45) is 0 Å². The molecule has 0 saturated carbocycles. The zero-order chi connectivity index (χ0) is 16.7. The Hall–Kier alpha value is -2.29. The molecule has 122 valence electrons. The van der Waals surface area contributed by atoms with Crippen molar-refractivity contribution in [3.05, 3.63) is 65.2 Å². The van der Waals surface area contributed by atoms with Crippen molar-refractivity contribution in [3.8, 4) is 5.75 Å². The van der Waals surface area contributed by atoms with Crippen molar-refractivity contribution in [2.75, 3.05) is 13.2 Å². The lowest BCUT2D eigenvalue weighted by Gasteiger charge is -2.15. The highest BCUT2D eigenvalue weighted by molar-refractivity contribution is 5.83. The zero-order valence-electron chi connectivity index (χ0n) is 14.1. The first-order valence-corrected chi connectivity index (χ1v) is 8.14. The van der Waals surface area contributed by atoms with Crippen molar-refractivity contribution >= 4 is 5.91 Å². The Kier molecular flexibility index (Phi) is 6.21. The van der Waals surface area contributed by atoms with E-state index in [0.717, 1.165) is 17.7 Å². The number of hydrogen-bond donors (Lipinski definition) is 1. The Morgan fingerprint density at radius 1 is 1.09 bits per heavy atom. The second-order valence-electron chi connectivity index (χ2n) is 5.83. The minimum Gasteiger partial charge on any atom is -0.492 e.